The zero-order valence-electron chi connectivity index (χ0n) is 16.0. The van der Waals surface area contributed by atoms with Gasteiger partial charge in [0.05, 0.1) is 22.7 Å². The van der Waals surface area contributed by atoms with Gasteiger partial charge in [0.25, 0.3) is 11.6 Å². The Kier molecular flexibility index (Phi) is 7.14. The molecule has 30 heavy (non-hydrogen) atoms. The number of carbonyl (C=O) groups is 1. The summed E-state index contributed by atoms with van der Waals surface area (Å²) in [6, 6.07) is 4.23. The largest absolute Gasteiger partial charge is 0.478 e. The van der Waals surface area contributed by atoms with Gasteiger partial charge in [-0.15, -0.1) is 0 Å². The number of hydrogen-bond donors (Lipinski definition) is 1. The Balaban J connectivity index is 1.93. The molecule has 0 saturated heterocycles. The van der Waals surface area contributed by atoms with Gasteiger partial charge in [-0.1, -0.05) is 0 Å². The number of anilines is 1. The molecule has 8 nitrogen and oxygen atoms in total. The van der Waals surface area contributed by atoms with Gasteiger partial charge in [0.2, 0.25) is 5.88 Å². The lowest BCUT2D eigenvalue weighted by Gasteiger charge is -2.16. The third-order valence-electron chi connectivity index (χ3n) is 3.84. The van der Waals surface area contributed by atoms with E-state index in [-0.39, 0.29) is 31.3 Å². The number of nitro groups is 1. The van der Waals surface area contributed by atoms with Gasteiger partial charge < -0.3 is 15.0 Å². The van der Waals surface area contributed by atoms with E-state index >= 15 is 0 Å². The number of nitrogens with zero attached hydrogens (tertiary/aromatic N) is 3. The molecule has 0 atom stereocenters. The Hall–Kier alpha value is -3.44. The van der Waals surface area contributed by atoms with Crippen LogP contribution < -0.4 is 15.0 Å². The molecule has 12 heteroatoms. The van der Waals surface area contributed by atoms with Gasteiger partial charge in [-0.3, -0.25) is 14.9 Å². The molecule has 0 aliphatic carbocycles. The van der Waals surface area contributed by atoms with Crippen LogP contribution in [-0.2, 0) is 6.18 Å². The normalized spacial score (nSPS) is 11.1. The van der Waals surface area contributed by atoms with E-state index in [9.17, 15) is 32.5 Å². The highest BCUT2D eigenvalue weighted by molar-refractivity contribution is 5.95. The van der Waals surface area contributed by atoms with Crippen LogP contribution >= 0.6 is 0 Å². The fraction of sp³-hybridized carbons (Fsp3) is 0.333. The van der Waals surface area contributed by atoms with Gasteiger partial charge in [-0.05, 0) is 18.6 Å². The minimum absolute atomic E-state index is 0.000461. The first kappa shape index (κ1) is 22.8. The predicted molar refractivity (Wildman–Crippen MR) is 99.1 cm³/mol. The van der Waals surface area contributed by atoms with E-state index in [2.05, 4.69) is 10.3 Å². The van der Waals surface area contributed by atoms with Crippen LogP contribution in [0.15, 0.2) is 30.3 Å². The summed E-state index contributed by atoms with van der Waals surface area (Å²) in [7, 11) is 3.07. The Bertz CT molecular complexity index is 935. The molecule has 0 spiro atoms. The standard InChI is InChI=1S/C18H18F4N4O4/c1-25(2)15-8-11(18(20,21)22)9-16(24-15)30-7-3-6-23-17(27)13-10-12(26(28)29)4-5-14(13)19/h4-5,8-10H,3,6-7H2,1-2H3,(H,23,27). The lowest BCUT2D eigenvalue weighted by molar-refractivity contribution is -0.384. The molecule has 0 aliphatic heterocycles. The molecule has 1 aromatic carbocycles. The fourth-order valence-corrected chi connectivity index (χ4v) is 2.30. The lowest BCUT2D eigenvalue weighted by Crippen LogP contribution is -2.26. The van der Waals surface area contributed by atoms with Crippen LogP contribution in [0.2, 0.25) is 0 Å². The number of hydrogen-bond acceptors (Lipinski definition) is 6. The van der Waals surface area contributed by atoms with Crippen LogP contribution in [0.5, 0.6) is 5.88 Å². The van der Waals surface area contributed by atoms with Gasteiger partial charge >= 0.3 is 6.18 Å². The van der Waals surface area contributed by atoms with E-state index in [1.165, 1.54) is 19.0 Å². The number of benzene rings is 1. The van der Waals surface area contributed by atoms with Crippen molar-refractivity contribution in [2.75, 3.05) is 32.1 Å². The number of non-ortho nitro benzene ring substituents is 1. The van der Waals surface area contributed by atoms with Crippen molar-refractivity contribution < 1.29 is 32.0 Å². The summed E-state index contributed by atoms with van der Waals surface area (Å²) in [5.74, 6) is -1.94. The van der Waals surface area contributed by atoms with Gasteiger partial charge in [-0.2, -0.15) is 18.2 Å². The van der Waals surface area contributed by atoms with E-state index < -0.39 is 39.6 Å². The molecule has 2 rings (SSSR count). The Morgan fingerprint density at radius 3 is 2.57 bits per heavy atom. The number of rotatable bonds is 8. The monoisotopic (exact) mass is 430 g/mol. The third kappa shape index (κ3) is 6.03. The summed E-state index contributed by atoms with van der Waals surface area (Å²) in [4.78, 5) is 27.3. The van der Waals surface area contributed by atoms with Crippen LogP contribution in [-0.4, -0.2) is 43.1 Å². The summed E-state index contributed by atoms with van der Waals surface area (Å²) >= 11 is 0. The minimum atomic E-state index is -4.57. The van der Waals surface area contributed by atoms with Gasteiger partial charge in [0.1, 0.15) is 11.6 Å². The van der Waals surface area contributed by atoms with Crippen LogP contribution in [0.4, 0.5) is 29.1 Å². The van der Waals surface area contributed by atoms with Crippen molar-refractivity contribution in [1.82, 2.24) is 10.3 Å². The maximum Gasteiger partial charge on any atom is 0.416 e. The van der Waals surface area contributed by atoms with Crippen molar-refractivity contribution in [3.63, 3.8) is 0 Å². The topological polar surface area (TPSA) is 97.6 Å². The molecule has 1 heterocycles. The second kappa shape index (κ2) is 9.37. The predicted octanol–water partition coefficient (Wildman–Crippen LogP) is 3.41. The molecule has 1 aromatic heterocycles. The number of alkyl halides is 3. The highest BCUT2D eigenvalue weighted by Crippen LogP contribution is 2.33. The fourth-order valence-electron chi connectivity index (χ4n) is 2.30. The van der Waals surface area contributed by atoms with Crippen molar-refractivity contribution in [2.24, 2.45) is 0 Å². The highest BCUT2D eigenvalue weighted by Gasteiger charge is 2.32. The highest BCUT2D eigenvalue weighted by atomic mass is 19.4. The second-order valence-electron chi connectivity index (χ2n) is 6.32. The molecule has 0 unspecified atom stereocenters. The minimum Gasteiger partial charge on any atom is -0.478 e. The van der Waals surface area contributed by atoms with E-state index in [0.717, 1.165) is 30.3 Å². The van der Waals surface area contributed by atoms with Crippen LogP contribution in [0.25, 0.3) is 0 Å². The quantitative estimate of drug-likeness (QED) is 0.298. The number of nitrogens with one attached hydrogen (secondary N) is 1. The van der Waals surface area contributed by atoms with Crippen molar-refractivity contribution in [2.45, 2.75) is 12.6 Å². The van der Waals surface area contributed by atoms with Crippen LogP contribution in [0.3, 0.4) is 0 Å². The summed E-state index contributed by atoms with van der Waals surface area (Å²) in [6.45, 7) is -0.0701. The first-order valence-corrected chi connectivity index (χ1v) is 8.60. The molecule has 1 N–H and O–H groups in total. The smallest absolute Gasteiger partial charge is 0.416 e. The third-order valence-corrected chi connectivity index (χ3v) is 3.84. The number of carbonyl (C=O) groups excluding carboxylic acids is 1. The zero-order chi connectivity index (χ0) is 22.5. The molecular formula is C18H18F4N4O4. The van der Waals surface area contributed by atoms with E-state index in [1.807, 2.05) is 0 Å². The first-order valence-electron chi connectivity index (χ1n) is 8.60. The molecule has 0 radical (unpaired) electrons. The van der Waals surface area contributed by atoms with Crippen LogP contribution in [0.1, 0.15) is 22.3 Å². The van der Waals surface area contributed by atoms with Crippen molar-refractivity contribution in [1.29, 1.82) is 0 Å². The van der Waals surface area contributed by atoms with Gasteiger partial charge in [-0.25, -0.2) is 4.39 Å². The second-order valence-corrected chi connectivity index (χ2v) is 6.32. The van der Waals surface area contributed by atoms with E-state index in [1.54, 1.807) is 0 Å². The average Bonchev–Trinajstić information content (AvgIpc) is 2.66. The van der Waals surface area contributed by atoms with Crippen LogP contribution in [0, 0.1) is 15.9 Å². The Morgan fingerprint density at radius 2 is 1.97 bits per heavy atom. The van der Waals surface area contributed by atoms with Crippen molar-refractivity contribution in [3.8, 4) is 5.88 Å². The van der Waals surface area contributed by atoms with E-state index in [0.29, 0.717) is 0 Å². The maximum atomic E-state index is 13.7. The molecular weight excluding hydrogens is 412 g/mol. The molecule has 0 aliphatic rings. The summed E-state index contributed by atoms with van der Waals surface area (Å²) < 4.78 is 57.9. The number of halogens is 4. The summed E-state index contributed by atoms with van der Waals surface area (Å²) in [5.41, 5.74) is -1.83. The number of amides is 1. The van der Waals surface area contributed by atoms with Gasteiger partial charge in [0.15, 0.2) is 0 Å². The van der Waals surface area contributed by atoms with E-state index in [4.69, 9.17) is 4.74 Å². The molecule has 0 bridgehead atoms. The van der Waals surface area contributed by atoms with Crippen molar-refractivity contribution >= 4 is 17.4 Å². The SMILES string of the molecule is CN(C)c1cc(C(F)(F)F)cc(OCCCNC(=O)c2cc([N+](=O)[O-])ccc2F)n1. The Labute approximate surface area is 168 Å². The molecule has 0 fully saturated rings. The lowest BCUT2D eigenvalue weighted by atomic mass is 10.1. The first-order chi connectivity index (χ1) is 14.0. The number of ether oxygens (including phenoxy) is 1. The molecule has 0 saturated carbocycles. The van der Waals surface area contributed by atoms with Gasteiger partial charge in [0, 0.05) is 38.8 Å². The molecule has 162 valence electrons. The number of pyridine rings is 1. The maximum absolute atomic E-state index is 13.7. The number of aromatic nitrogens is 1. The molecule has 2 aromatic rings. The average molecular weight is 430 g/mol. The Morgan fingerprint density at radius 1 is 1.27 bits per heavy atom. The molecule has 1 amide bonds. The van der Waals surface area contributed by atoms with Crippen molar-refractivity contribution in [3.05, 3.63) is 57.4 Å². The summed E-state index contributed by atoms with van der Waals surface area (Å²) in [6.07, 6.45) is -4.39. The number of nitro benzene ring substituents is 1. The zero-order valence-corrected chi connectivity index (χ0v) is 16.0. The summed E-state index contributed by atoms with van der Waals surface area (Å²) in [5, 5.41) is 13.1.